The summed E-state index contributed by atoms with van der Waals surface area (Å²) in [5.74, 6) is 0.441. The molecule has 0 saturated carbocycles. The van der Waals surface area contributed by atoms with E-state index in [9.17, 15) is 4.79 Å². The minimum atomic E-state index is -0.154. The number of rotatable bonds is 4. The fourth-order valence-electron chi connectivity index (χ4n) is 1.46. The molecule has 17 heavy (non-hydrogen) atoms. The van der Waals surface area contributed by atoms with E-state index in [-0.39, 0.29) is 5.78 Å². The van der Waals surface area contributed by atoms with Crippen molar-refractivity contribution in [1.29, 1.82) is 0 Å². The molecule has 86 valence electrons. The molecule has 0 saturated heterocycles. The molecule has 0 aliphatic rings. The highest BCUT2D eigenvalue weighted by Gasteiger charge is 2.15. The van der Waals surface area contributed by atoms with Crippen molar-refractivity contribution in [3.63, 3.8) is 0 Å². The minimum Gasteiger partial charge on any atom is -0.356 e. The summed E-state index contributed by atoms with van der Waals surface area (Å²) in [5.41, 5.74) is 1.76. The number of nitrogens with zero attached hydrogens (tertiary/aromatic N) is 1. The van der Waals surface area contributed by atoms with Gasteiger partial charge in [-0.1, -0.05) is 49.0 Å². The van der Waals surface area contributed by atoms with Crippen LogP contribution >= 0.6 is 0 Å². The van der Waals surface area contributed by atoms with E-state index in [1.165, 1.54) is 0 Å². The predicted molar refractivity (Wildman–Crippen MR) is 65.7 cm³/mol. The molecular weight excluding hydrogens is 214 g/mol. The maximum atomic E-state index is 11.8. The van der Waals surface area contributed by atoms with Gasteiger partial charge in [0.15, 0.2) is 11.5 Å². The van der Waals surface area contributed by atoms with E-state index in [2.05, 4.69) is 11.7 Å². The zero-order valence-electron chi connectivity index (χ0n) is 9.64. The van der Waals surface area contributed by atoms with Crippen molar-refractivity contribution in [1.82, 2.24) is 5.16 Å². The largest absolute Gasteiger partial charge is 0.356 e. The molecule has 1 heterocycles. The lowest BCUT2D eigenvalue weighted by Crippen LogP contribution is -2.01. The van der Waals surface area contributed by atoms with Gasteiger partial charge in [-0.05, 0) is 12.0 Å². The van der Waals surface area contributed by atoms with Gasteiger partial charge in [-0.2, -0.15) is 0 Å². The van der Waals surface area contributed by atoms with E-state index in [0.717, 1.165) is 5.56 Å². The number of benzene rings is 1. The van der Waals surface area contributed by atoms with Gasteiger partial charge in [-0.25, -0.2) is 0 Å². The van der Waals surface area contributed by atoms with Gasteiger partial charge in [0.25, 0.3) is 0 Å². The molecule has 0 atom stereocenters. The first kappa shape index (κ1) is 11.3. The first-order valence-electron chi connectivity index (χ1n) is 5.47. The molecule has 1 aromatic heterocycles. The van der Waals surface area contributed by atoms with Crippen molar-refractivity contribution in [2.45, 2.75) is 13.3 Å². The third-order valence-corrected chi connectivity index (χ3v) is 2.55. The summed E-state index contributed by atoms with van der Waals surface area (Å²) in [6.07, 6.45) is 0.617. The van der Waals surface area contributed by atoms with Crippen LogP contribution in [0.5, 0.6) is 0 Å². The van der Waals surface area contributed by atoms with E-state index in [1.54, 1.807) is 6.07 Å². The summed E-state index contributed by atoms with van der Waals surface area (Å²) in [7, 11) is 0. The Balaban J connectivity index is 2.28. The zero-order valence-corrected chi connectivity index (χ0v) is 9.64. The van der Waals surface area contributed by atoms with Crippen LogP contribution in [0.15, 0.2) is 53.1 Å². The van der Waals surface area contributed by atoms with E-state index in [1.807, 2.05) is 37.3 Å². The molecule has 0 spiro atoms. The van der Waals surface area contributed by atoms with Crippen LogP contribution in [0.2, 0.25) is 0 Å². The maximum absolute atomic E-state index is 11.8. The third-order valence-electron chi connectivity index (χ3n) is 2.55. The Morgan fingerprint density at radius 2 is 2.06 bits per heavy atom. The Morgan fingerprint density at radius 3 is 2.71 bits per heavy atom. The second-order valence-corrected chi connectivity index (χ2v) is 3.73. The molecule has 0 bridgehead atoms. The Hall–Kier alpha value is -2.16. The molecule has 0 aliphatic carbocycles. The first-order valence-corrected chi connectivity index (χ1v) is 5.47. The fourth-order valence-corrected chi connectivity index (χ4v) is 1.46. The van der Waals surface area contributed by atoms with Crippen LogP contribution in [0.1, 0.15) is 23.8 Å². The molecule has 3 heteroatoms. The quantitative estimate of drug-likeness (QED) is 0.593. The van der Waals surface area contributed by atoms with Crippen molar-refractivity contribution in [3.05, 3.63) is 54.2 Å². The summed E-state index contributed by atoms with van der Waals surface area (Å²) >= 11 is 0. The monoisotopic (exact) mass is 227 g/mol. The average molecular weight is 227 g/mol. The summed E-state index contributed by atoms with van der Waals surface area (Å²) in [5, 5.41) is 3.78. The number of allylic oxidation sites excluding steroid dienone is 1. The van der Waals surface area contributed by atoms with Crippen LogP contribution in [-0.2, 0) is 0 Å². The van der Waals surface area contributed by atoms with Crippen LogP contribution in [-0.4, -0.2) is 10.9 Å². The van der Waals surface area contributed by atoms with Crippen LogP contribution in [0, 0.1) is 0 Å². The molecular formula is C14H13NO2. The normalized spacial score (nSPS) is 10.2. The van der Waals surface area contributed by atoms with Crippen molar-refractivity contribution in [2.24, 2.45) is 0 Å². The fraction of sp³-hybridized carbons (Fsp3) is 0.143. The molecule has 0 fully saturated rings. The highest BCUT2D eigenvalue weighted by molar-refractivity contribution is 6.07. The van der Waals surface area contributed by atoms with Crippen LogP contribution < -0.4 is 0 Å². The second kappa shape index (κ2) is 4.78. The Morgan fingerprint density at radius 1 is 1.35 bits per heavy atom. The van der Waals surface area contributed by atoms with E-state index >= 15 is 0 Å². The van der Waals surface area contributed by atoms with E-state index < -0.39 is 0 Å². The molecule has 0 aliphatic heterocycles. The van der Waals surface area contributed by atoms with Crippen molar-refractivity contribution >= 4 is 5.78 Å². The van der Waals surface area contributed by atoms with Crippen molar-refractivity contribution < 1.29 is 9.32 Å². The Bertz CT molecular complexity index is 540. The summed E-state index contributed by atoms with van der Waals surface area (Å²) in [4.78, 5) is 11.8. The standard InChI is InChI=1S/C14H13NO2/c1-3-10(2)14(16)12-9-13(17-15-12)11-7-5-4-6-8-11/h4-9H,2-3H2,1H3. The number of hydrogen-bond donors (Lipinski definition) is 0. The first-order chi connectivity index (χ1) is 8.22. The van der Waals surface area contributed by atoms with Gasteiger partial charge in [0.1, 0.15) is 0 Å². The number of aromatic nitrogens is 1. The maximum Gasteiger partial charge on any atom is 0.210 e. The number of Topliss-reactive ketones (excluding diaryl/α,β-unsaturated/α-hetero) is 1. The summed E-state index contributed by atoms with van der Waals surface area (Å²) in [6.45, 7) is 5.59. The van der Waals surface area contributed by atoms with Gasteiger partial charge in [-0.15, -0.1) is 0 Å². The molecule has 1 aromatic carbocycles. The van der Waals surface area contributed by atoms with Gasteiger partial charge in [0.05, 0.1) is 0 Å². The van der Waals surface area contributed by atoms with Gasteiger partial charge in [0, 0.05) is 11.6 Å². The number of ketones is 1. The lowest BCUT2D eigenvalue weighted by molar-refractivity contribution is 0.102. The lowest BCUT2D eigenvalue weighted by Gasteiger charge is -1.94. The summed E-state index contributed by atoms with van der Waals surface area (Å²) < 4.78 is 5.15. The van der Waals surface area contributed by atoms with Crippen LogP contribution in [0.3, 0.4) is 0 Å². The minimum absolute atomic E-state index is 0.154. The Kier molecular flexibility index (Phi) is 3.19. The SMILES string of the molecule is C=C(CC)C(=O)c1cc(-c2ccccc2)on1. The molecule has 0 N–H and O–H groups in total. The molecule has 3 nitrogen and oxygen atoms in total. The highest BCUT2D eigenvalue weighted by Crippen LogP contribution is 2.21. The molecule has 0 radical (unpaired) electrons. The topological polar surface area (TPSA) is 43.1 Å². The molecule has 2 rings (SSSR count). The number of carbonyl (C=O) groups is 1. The Labute approximate surface area is 99.8 Å². The molecule has 0 unspecified atom stereocenters. The third kappa shape index (κ3) is 2.33. The van der Waals surface area contributed by atoms with E-state index in [0.29, 0.717) is 23.4 Å². The number of carbonyl (C=O) groups excluding carboxylic acids is 1. The van der Waals surface area contributed by atoms with Gasteiger partial charge >= 0.3 is 0 Å². The summed E-state index contributed by atoms with van der Waals surface area (Å²) in [6, 6.07) is 11.2. The molecule has 0 amide bonds. The van der Waals surface area contributed by atoms with E-state index in [4.69, 9.17) is 4.52 Å². The second-order valence-electron chi connectivity index (χ2n) is 3.73. The highest BCUT2D eigenvalue weighted by atomic mass is 16.5. The number of hydrogen-bond acceptors (Lipinski definition) is 3. The van der Waals surface area contributed by atoms with Crippen molar-refractivity contribution in [2.75, 3.05) is 0 Å². The van der Waals surface area contributed by atoms with Gasteiger partial charge in [-0.3, -0.25) is 4.79 Å². The predicted octanol–water partition coefficient (Wildman–Crippen LogP) is 3.49. The molecule has 2 aromatic rings. The van der Waals surface area contributed by atoms with Gasteiger partial charge < -0.3 is 4.52 Å². The van der Waals surface area contributed by atoms with Crippen LogP contribution in [0.4, 0.5) is 0 Å². The van der Waals surface area contributed by atoms with Crippen molar-refractivity contribution in [3.8, 4) is 11.3 Å². The van der Waals surface area contributed by atoms with Crippen LogP contribution in [0.25, 0.3) is 11.3 Å². The zero-order chi connectivity index (χ0) is 12.3. The lowest BCUT2D eigenvalue weighted by atomic mass is 10.1. The smallest absolute Gasteiger partial charge is 0.210 e. The average Bonchev–Trinajstić information content (AvgIpc) is 2.87. The van der Waals surface area contributed by atoms with Gasteiger partial charge in [0.2, 0.25) is 5.78 Å².